The van der Waals surface area contributed by atoms with Gasteiger partial charge in [-0.1, -0.05) is 84.0 Å². The van der Waals surface area contributed by atoms with Crippen LogP contribution in [0.5, 0.6) is 0 Å². The molecular formula is C36H69NO6. The molecule has 7 nitrogen and oxygen atoms in total. The second-order valence-corrected chi connectivity index (χ2v) is 9.14. The fraction of sp³-hybridized carbons (Fsp3) is 0.528. The summed E-state index contributed by atoms with van der Waals surface area (Å²) in [7, 11) is 0. The quantitative estimate of drug-likeness (QED) is 0.0729. The van der Waals surface area contributed by atoms with Gasteiger partial charge in [-0.05, 0) is 77.5 Å². The molecule has 1 atom stereocenters. The lowest BCUT2D eigenvalue weighted by Crippen LogP contribution is -2.28. The van der Waals surface area contributed by atoms with E-state index in [1.54, 1.807) is 0 Å². The van der Waals surface area contributed by atoms with Crippen LogP contribution in [0, 0.1) is 83.4 Å². The molecule has 7 heteroatoms. The normalized spacial score (nSPS) is 8.98. The van der Waals surface area contributed by atoms with E-state index in [2.05, 4.69) is 89.6 Å². The van der Waals surface area contributed by atoms with Crippen LogP contribution in [-0.4, -0.2) is 42.3 Å². The van der Waals surface area contributed by atoms with Crippen molar-refractivity contribution >= 4 is 17.8 Å². The Bertz CT molecular complexity index is 1280. The zero-order chi connectivity index (χ0) is 32.2. The maximum absolute atomic E-state index is 12.0. The van der Waals surface area contributed by atoms with Crippen LogP contribution in [0.1, 0.15) is 122 Å². The molecule has 0 saturated heterocycles. The molecule has 3 N–H and O–H groups in total. The molecule has 0 fully saturated rings. The van der Waals surface area contributed by atoms with Gasteiger partial charge in [0, 0.05) is 37.8 Å². The van der Waals surface area contributed by atoms with E-state index in [0.29, 0.717) is 0 Å². The Kier molecular flexibility index (Phi) is 31.5. The van der Waals surface area contributed by atoms with Crippen molar-refractivity contribution in [2.45, 2.75) is 110 Å². The summed E-state index contributed by atoms with van der Waals surface area (Å²) in [6.07, 6.45) is 20.2. The number of amides is 1. The SMILES string of the molecule is C#CC#CC#CC#CC#CC#CC#CC(=O)OC[C@H](CO)OC(=O)CCCCCCCCCCCCCCC.CC(N)=O.[HH].[HH].[HH].[HH].[HH].[HH].[HH].[HH].[HH].[HH].[HH].[HH].[HH]. The Labute approximate surface area is 278 Å². The van der Waals surface area contributed by atoms with Crippen LogP contribution < -0.4 is 5.73 Å². The molecule has 0 saturated carbocycles. The van der Waals surface area contributed by atoms with E-state index in [4.69, 9.17) is 15.9 Å². The van der Waals surface area contributed by atoms with Gasteiger partial charge >= 0.3 is 11.9 Å². The second-order valence-electron chi connectivity index (χ2n) is 9.14. The van der Waals surface area contributed by atoms with Gasteiger partial charge in [0.2, 0.25) is 5.91 Å². The minimum atomic E-state index is -0.929. The molecule has 0 radical (unpaired) electrons. The third-order valence-electron chi connectivity index (χ3n) is 5.25. The van der Waals surface area contributed by atoms with Crippen molar-refractivity contribution in [1.82, 2.24) is 0 Å². The van der Waals surface area contributed by atoms with E-state index in [-0.39, 0.29) is 37.5 Å². The first-order valence-corrected chi connectivity index (χ1v) is 14.6. The molecule has 0 spiro atoms. The fourth-order valence-corrected chi connectivity index (χ4v) is 3.26. The summed E-state index contributed by atoms with van der Waals surface area (Å²) < 4.78 is 10.1. The summed E-state index contributed by atoms with van der Waals surface area (Å²) in [5.74, 6) is 29.0. The number of unbranched alkanes of at least 4 members (excludes halogenated alkanes) is 12. The smallest absolute Gasteiger partial charge is 0.385 e. The maximum Gasteiger partial charge on any atom is 0.385 e. The van der Waals surface area contributed by atoms with Gasteiger partial charge in [0.15, 0.2) is 6.10 Å². The minimum absolute atomic E-state index is 0. The highest BCUT2D eigenvalue weighted by atomic mass is 16.6. The van der Waals surface area contributed by atoms with Gasteiger partial charge in [-0.2, -0.15) is 0 Å². The van der Waals surface area contributed by atoms with Crippen molar-refractivity contribution in [3.63, 3.8) is 0 Å². The lowest BCUT2D eigenvalue weighted by molar-refractivity contribution is -0.159. The number of carbonyl (C=O) groups excluding carboxylic acids is 3. The van der Waals surface area contributed by atoms with Crippen LogP contribution in [0.3, 0.4) is 0 Å². The number of hydrogen-bond donors (Lipinski definition) is 2. The van der Waals surface area contributed by atoms with Crippen LogP contribution in [0.4, 0.5) is 0 Å². The van der Waals surface area contributed by atoms with Gasteiger partial charge in [-0.15, -0.1) is 6.42 Å². The first kappa shape index (κ1) is 40.4. The van der Waals surface area contributed by atoms with E-state index in [1.807, 2.05) is 0 Å². The number of carbonyl (C=O) groups is 3. The number of ether oxygens (including phenoxy) is 2. The number of aliphatic hydroxyl groups is 1. The summed E-state index contributed by atoms with van der Waals surface area (Å²) >= 11 is 0. The Morgan fingerprint density at radius 2 is 1.12 bits per heavy atom. The number of terminal acetylenes is 1. The molecule has 0 bridgehead atoms. The monoisotopic (exact) mass is 612 g/mol. The number of hydrogen-bond acceptors (Lipinski definition) is 6. The van der Waals surface area contributed by atoms with Gasteiger partial charge in [0.05, 0.1) is 6.61 Å². The first-order chi connectivity index (χ1) is 20.9. The Morgan fingerprint density at radius 3 is 1.53 bits per heavy atom. The van der Waals surface area contributed by atoms with Crippen LogP contribution in [0.15, 0.2) is 0 Å². The topological polar surface area (TPSA) is 116 Å². The summed E-state index contributed by atoms with van der Waals surface area (Å²) in [6.45, 7) is 2.80. The molecular weight excluding hydrogens is 542 g/mol. The lowest BCUT2D eigenvalue weighted by atomic mass is 10.0. The molecule has 0 unspecified atom stereocenters. The third kappa shape index (κ3) is 37.3. The summed E-state index contributed by atoms with van der Waals surface area (Å²) in [6, 6.07) is 0. The number of primary amides is 1. The summed E-state index contributed by atoms with van der Waals surface area (Å²) in [5.41, 5.74) is 4.47. The second kappa shape index (κ2) is 33.5. The highest BCUT2D eigenvalue weighted by Crippen LogP contribution is 2.13. The maximum atomic E-state index is 12.0. The van der Waals surface area contributed by atoms with E-state index < -0.39 is 24.6 Å². The Hall–Kier alpha value is -4.71. The van der Waals surface area contributed by atoms with Crippen molar-refractivity contribution in [3.05, 3.63) is 0 Å². The van der Waals surface area contributed by atoms with Crippen LogP contribution in [0.2, 0.25) is 0 Å². The lowest BCUT2D eigenvalue weighted by Gasteiger charge is -2.14. The highest BCUT2D eigenvalue weighted by Gasteiger charge is 2.15. The minimum Gasteiger partial charge on any atom is -0.456 e. The molecule has 0 aliphatic rings. The highest BCUT2D eigenvalue weighted by molar-refractivity contribution is 5.89. The summed E-state index contributed by atoms with van der Waals surface area (Å²) in [5, 5.41) is 9.38. The van der Waals surface area contributed by atoms with E-state index in [9.17, 15) is 19.5 Å². The standard InChI is InChI=1S/C34H38O5.C2H5NO.13H2/c1-3-5-7-9-11-13-15-17-19-21-23-25-27-29-34(37)39-32(30-35)31-38-33(36)28-26-24-22-20-18-16-14-12-10-8-6-4-2;1-2(3)4;;;;;;;;;;;;;/h2,32,35H,3,5,7,9,11,13,15,17,19,21,23,25,27,29-31H2,1H3;1H3,(H2,3,4);13*1H/t32-;;;;;;;;;;;;;;/m0............../s1. The molecule has 0 aromatic carbocycles. The fourth-order valence-electron chi connectivity index (χ4n) is 3.26. The third-order valence-corrected chi connectivity index (χ3v) is 5.25. The molecule has 0 aromatic rings. The van der Waals surface area contributed by atoms with Gasteiger partial charge in [0.25, 0.3) is 0 Å². The molecule has 43 heavy (non-hydrogen) atoms. The number of rotatable bonds is 18. The van der Waals surface area contributed by atoms with Crippen LogP contribution in [0.25, 0.3) is 0 Å². The van der Waals surface area contributed by atoms with Crippen LogP contribution >= 0.6 is 0 Å². The average molecular weight is 612 g/mol. The predicted octanol–water partition coefficient (Wildman–Crippen LogP) is 7.26. The van der Waals surface area contributed by atoms with E-state index in [1.165, 1.54) is 71.1 Å². The van der Waals surface area contributed by atoms with Gasteiger partial charge in [0.1, 0.15) is 6.61 Å². The number of nitrogens with two attached hydrogens (primary N) is 1. The van der Waals surface area contributed by atoms with E-state index >= 15 is 0 Å². The predicted molar refractivity (Wildman–Crippen MR) is 196 cm³/mol. The Balaban J connectivity index is -0.0000000723. The average Bonchev–Trinajstić information content (AvgIpc) is 2.97. The number of aliphatic hydroxyl groups excluding tert-OH is 1. The zero-order valence-electron chi connectivity index (χ0n) is 25.5. The Morgan fingerprint density at radius 1 is 0.721 bits per heavy atom. The van der Waals surface area contributed by atoms with Gasteiger partial charge in [-0.25, -0.2) is 4.79 Å². The zero-order valence-corrected chi connectivity index (χ0v) is 25.5. The van der Waals surface area contributed by atoms with E-state index in [0.717, 1.165) is 19.3 Å². The van der Waals surface area contributed by atoms with Gasteiger partial charge < -0.3 is 20.3 Å². The molecule has 0 aliphatic carbocycles. The molecule has 1 amide bonds. The van der Waals surface area contributed by atoms with Crippen molar-refractivity contribution in [3.8, 4) is 83.4 Å². The summed E-state index contributed by atoms with van der Waals surface area (Å²) in [4.78, 5) is 32.9. The van der Waals surface area contributed by atoms with Crippen molar-refractivity contribution < 1.29 is 47.5 Å². The molecule has 254 valence electrons. The molecule has 0 aliphatic heterocycles. The van der Waals surface area contributed by atoms with Crippen molar-refractivity contribution in [1.29, 1.82) is 0 Å². The largest absolute Gasteiger partial charge is 0.456 e. The molecule has 0 rings (SSSR count). The molecule has 0 aromatic heterocycles. The number of esters is 2. The van der Waals surface area contributed by atoms with Crippen molar-refractivity contribution in [2.75, 3.05) is 13.2 Å². The van der Waals surface area contributed by atoms with Crippen LogP contribution in [-0.2, 0) is 23.9 Å². The van der Waals surface area contributed by atoms with Gasteiger partial charge in [-0.3, -0.25) is 9.59 Å². The first-order valence-electron chi connectivity index (χ1n) is 14.6. The van der Waals surface area contributed by atoms with Crippen molar-refractivity contribution in [2.24, 2.45) is 5.73 Å². The molecule has 0 heterocycles.